The van der Waals surface area contributed by atoms with Crippen LogP contribution in [-0.4, -0.2) is 48.7 Å². The van der Waals surface area contributed by atoms with E-state index in [0.29, 0.717) is 25.3 Å². The van der Waals surface area contributed by atoms with Crippen molar-refractivity contribution in [2.45, 2.75) is 31.1 Å². The summed E-state index contributed by atoms with van der Waals surface area (Å²) in [5, 5.41) is 2.81. The Morgan fingerprint density at radius 2 is 1.66 bits per heavy atom. The van der Waals surface area contributed by atoms with E-state index in [-0.39, 0.29) is 22.9 Å². The van der Waals surface area contributed by atoms with Crippen molar-refractivity contribution in [2.75, 3.05) is 29.9 Å². The monoisotopic (exact) mass is 494 g/mol. The fourth-order valence-corrected chi connectivity index (χ4v) is 5.85. The van der Waals surface area contributed by atoms with Gasteiger partial charge in [0.15, 0.2) is 0 Å². The van der Waals surface area contributed by atoms with Crippen LogP contribution in [0.4, 0.5) is 11.4 Å². The standard InChI is InChI=1S/C26H30N4O4S/c1-3-30(22-9-5-4-6-10-22)25(31)17-20-11-13-21(14-12-20)27-26(32)24-18-23(19-28(24)2)35(33,34)29-15-7-8-16-29/h4-6,9-14,18-19H,3,7-8,15-17H2,1-2H3,(H,27,32). The van der Waals surface area contributed by atoms with Crippen molar-refractivity contribution in [3.05, 3.63) is 78.1 Å². The molecule has 8 nitrogen and oxygen atoms in total. The molecule has 2 amide bonds. The van der Waals surface area contributed by atoms with Crippen molar-refractivity contribution >= 4 is 33.2 Å². The molecule has 1 N–H and O–H groups in total. The highest BCUT2D eigenvalue weighted by Crippen LogP contribution is 2.23. The number of aromatic nitrogens is 1. The first-order valence-corrected chi connectivity index (χ1v) is 13.2. The Kier molecular flexibility index (Phi) is 7.37. The molecule has 0 spiro atoms. The number of hydrogen-bond acceptors (Lipinski definition) is 4. The van der Waals surface area contributed by atoms with Crippen LogP contribution < -0.4 is 10.2 Å². The number of hydrogen-bond donors (Lipinski definition) is 1. The Morgan fingerprint density at radius 1 is 1.00 bits per heavy atom. The third-order valence-electron chi connectivity index (χ3n) is 6.17. The zero-order chi connectivity index (χ0) is 25.0. The van der Waals surface area contributed by atoms with E-state index in [1.54, 1.807) is 36.2 Å². The van der Waals surface area contributed by atoms with Gasteiger partial charge in [0, 0.05) is 44.3 Å². The van der Waals surface area contributed by atoms with Gasteiger partial charge in [0.05, 0.1) is 6.42 Å². The van der Waals surface area contributed by atoms with Crippen molar-refractivity contribution in [3.8, 4) is 0 Å². The molecule has 0 radical (unpaired) electrons. The Balaban J connectivity index is 1.41. The molecular weight excluding hydrogens is 464 g/mol. The van der Waals surface area contributed by atoms with Gasteiger partial charge >= 0.3 is 0 Å². The molecule has 0 bridgehead atoms. The molecule has 4 rings (SSSR count). The molecule has 0 atom stereocenters. The lowest BCUT2D eigenvalue weighted by atomic mass is 10.1. The summed E-state index contributed by atoms with van der Waals surface area (Å²) in [6.45, 7) is 3.53. The van der Waals surface area contributed by atoms with Gasteiger partial charge in [-0.05, 0) is 55.7 Å². The first kappa shape index (κ1) is 24.7. The number of carbonyl (C=O) groups is 2. The van der Waals surface area contributed by atoms with Crippen LogP contribution in [0.25, 0.3) is 0 Å². The average Bonchev–Trinajstić information content (AvgIpc) is 3.52. The maximum absolute atomic E-state index is 12.8. The maximum Gasteiger partial charge on any atom is 0.272 e. The van der Waals surface area contributed by atoms with Gasteiger partial charge in [-0.2, -0.15) is 4.31 Å². The van der Waals surface area contributed by atoms with Crippen molar-refractivity contribution in [3.63, 3.8) is 0 Å². The number of likely N-dealkylation sites (N-methyl/N-ethyl adjacent to an activating group) is 1. The quantitative estimate of drug-likeness (QED) is 0.517. The van der Waals surface area contributed by atoms with Crippen LogP contribution >= 0.6 is 0 Å². The van der Waals surface area contributed by atoms with Gasteiger partial charge in [0.1, 0.15) is 10.6 Å². The summed E-state index contributed by atoms with van der Waals surface area (Å²) in [4.78, 5) is 27.5. The van der Waals surface area contributed by atoms with Gasteiger partial charge in [-0.15, -0.1) is 0 Å². The van der Waals surface area contributed by atoms with E-state index in [9.17, 15) is 18.0 Å². The van der Waals surface area contributed by atoms with Gasteiger partial charge in [0.2, 0.25) is 15.9 Å². The maximum atomic E-state index is 12.8. The highest BCUT2D eigenvalue weighted by atomic mass is 32.2. The zero-order valence-corrected chi connectivity index (χ0v) is 20.8. The summed E-state index contributed by atoms with van der Waals surface area (Å²) < 4.78 is 28.6. The molecule has 0 saturated carbocycles. The fraction of sp³-hybridized carbons (Fsp3) is 0.308. The van der Waals surface area contributed by atoms with Gasteiger partial charge < -0.3 is 14.8 Å². The Morgan fingerprint density at radius 3 is 2.29 bits per heavy atom. The molecular formula is C26H30N4O4S. The van der Waals surface area contributed by atoms with E-state index in [1.807, 2.05) is 37.3 Å². The van der Waals surface area contributed by atoms with Crippen LogP contribution in [0, 0.1) is 0 Å². The summed E-state index contributed by atoms with van der Waals surface area (Å²) in [6.07, 6.45) is 3.42. The van der Waals surface area contributed by atoms with E-state index in [2.05, 4.69) is 5.32 Å². The number of anilines is 2. The Hall–Kier alpha value is -3.43. The molecule has 35 heavy (non-hydrogen) atoms. The van der Waals surface area contributed by atoms with Crippen molar-refractivity contribution in [1.82, 2.24) is 8.87 Å². The number of sulfonamides is 1. The molecule has 0 unspecified atom stereocenters. The van der Waals surface area contributed by atoms with Gasteiger partial charge in [-0.25, -0.2) is 8.42 Å². The van der Waals surface area contributed by atoms with Gasteiger partial charge in [0.25, 0.3) is 5.91 Å². The highest BCUT2D eigenvalue weighted by Gasteiger charge is 2.29. The van der Waals surface area contributed by atoms with Crippen molar-refractivity contribution in [1.29, 1.82) is 0 Å². The fourth-order valence-electron chi connectivity index (χ4n) is 4.26. The first-order valence-electron chi connectivity index (χ1n) is 11.7. The Bertz CT molecular complexity index is 1290. The molecule has 1 saturated heterocycles. The minimum atomic E-state index is -3.60. The minimum Gasteiger partial charge on any atom is -0.345 e. The Labute approximate surface area is 206 Å². The second-order valence-corrected chi connectivity index (χ2v) is 10.5. The summed E-state index contributed by atoms with van der Waals surface area (Å²) in [6, 6.07) is 18.0. The van der Waals surface area contributed by atoms with E-state index in [4.69, 9.17) is 0 Å². The van der Waals surface area contributed by atoms with Crippen LogP contribution in [0.1, 0.15) is 35.8 Å². The molecule has 184 valence electrons. The van der Waals surface area contributed by atoms with Crippen LogP contribution in [0.15, 0.2) is 71.8 Å². The van der Waals surface area contributed by atoms with Crippen LogP contribution in [0.2, 0.25) is 0 Å². The average molecular weight is 495 g/mol. The molecule has 0 aliphatic carbocycles. The summed E-state index contributed by atoms with van der Waals surface area (Å²) in [5.41, 5.74) is 2.51. The third kappa shape index (κ3) is 5.47. The molecule has 9 heteroatoms. The van der Waals surface area contributed by atoms with Crippen LogP contribution in [0.3, 0.4) is 0 Å². The number of carbonyl (C=O) groups excluding carboxylic acids is 2. The second kappa shape index (κ2) is 10.5. The summed E-state index contributed by atoms with van der Waals surface area (Å²) >= 11 is 0. The zero-order valence-electron chi connectivity index (χ0n) is 20.0. The van der Waals surface area contributed by atoms with E-state index in [1.165, 1.54) is 21.1 Å². The molecule has 1 aliphatic rings. The third-order valence-corrected chi connectivity index (χ3v) is 8.03. The number of aryl methyl sites for hydroxylation is 1. The molecule has 1 aromatic heterocycles. The van der Waals surface area contributed by atoms with Crippen molar-refractivity contribution < 1.29 is 18.0 Å². The number of rotatable bonds is 8. The minimum absolute atomic E-state index is 0.00830. The summed E-state index contributed by atoms with van der Waals surface area (Å²) in [7, 11) is -1.95. The predicted molar refractivity (Wildman–Crippen MR) is 136 cm³/mol. The predicted octanol–water partition coefficient (Wildman–Crippen LogP) is 3.66. The molecule has 1 fully saturated rings. The molecule has 2 aromatic carbocycles. The second-order valence-electron chi connectivity index (χ2n) is 8.58. The largest absolute Gasteiger partial charge is 0.345 e. The lowest BCUT2D eigenvalue weighted by Gasteiger charge is -2.21. The van der Waals surface area contributed by atoms with Gasteiger partial charge in [-0.1, -0.05) is 30.3 Å². The van der Waals surface area contributed by atoms with E-state index in [0.717, 1.165) is 24.1 Å². The number of para-hydroxylation sites is 1. The van der Waals surface area contributed by atoms with Crippen molar-refractivity contribution in [2.24, 2.45) is 7.05 Å². The SMILES string of the molecule is CCN(C(=O)Cc1ccc(NC(=O)c2cc(S(=O)(=O)N3CCCC3)cn2C)cc1)c1ccccc1. The van der Waals surface area contributed by atoms with Gasteiger partial charge in [-0.3, -0.25) is 9.59 Å². The summed E-state index contributed by atoms with van der Waals surface area (Å²) in [5.74, 6) is -0.411. The van der Waals surface area contributed by atoms with E-state index < -0.39 is 15.9 Å². The number of nitrogens with zero attached hydrogens (tertiary/aromatic N) is 3. The lowest BCUT2D eigenvalue weighted by molar-refractivity contribution is -0.117. The first-order chi connectivity index (χ1) is 16.8. The van der Waals surface area contributed by atoms with Crippen LogP contribution in [-0.2, 0) is 28.3 Å². The molecule has 1 aliphatic heterocycles. The molecule has 3 aromatic rings. The molecule has 2 heterocycles. The van der Waals surface area contributed by atoms with E-state index >= 15 is 0 Å². The normalized spacial score (nSPS) is 14.1. The topological polar surface area (TPSA) is 91.7 Å². The number of benzene rings is 2. The smallest absolute Gasteiger partial charge is 0.272 e. The number of nitrogens with one attached hydrogen (secondary N) is 1. The highest BCUT2D eigenvalue weighted by molar-refractivity contribution is 7.89. The van der Waals surface area contributed by atoms with Crippen LogP contribution in [0.5, 0.6) is 0 Å². The lowest BCUT2D eigenvalue weighted by Crippen LogP contribution is -2.31. The number of amides is 2.